The molecule has 0 bridgehead atoms. The molecule has 1 unspecified atom stereocenters. The van der Waals surface area contributed by atoms with E-state index in [9.17, 15) is 4.79 Å². The highest BCUT2D eigenvalue weighted by molar-refractivity contribution is 5.85. The molecule has 1 amide bonds. The number of amides is 1. The van der Waals surface area contributed by atoms with Crippen molar-refractivity contribution >= 4 is 18.3 Å². The van der Waals surface area contributed by atoms with Gasteiger partial charge in [0.2, 0.25) is 17.6 Å². The molecule has 148 valence electrons. The van der Waals surface area contributed by atoms with E-state index in [4.69, 9.17) is 4.52 Å². The lowest BCUT2D eigenvalue weighted by molar-refractivity contribution is -0.121. The van der Waals surface area contributed by atoms with Crippen molar-refractivity contribution in [3.8, 4) is 11.4 Å². The summed E-state index contributed by atoms with van der Waals surface area (Å²) in [5.41, 5.74) is 2.21. The van der Waals surface area contributed by atoms with Gasteiger partial charge in [0, 0.05) is 24.9 Å². The van der Waals surface area contributed by atoms with E-state index in [-0.39, 0.29) is 18.3 Å². The molecule has 1 atom stereocenters. The molecule has 2 heterocycles. The van der Waals surface area contributed by atoms with Gasteiger partial charge in [0.05, 0.1) is 0 Å². The molecule has 0 spiro atoms. The predicted octanol–water partition coefficient (Wildman–Crippen LogP) is 3.33. The van der Waals surface area contributed by atoms with Gasteiger partial charge in [-0.05, 0) is 43.3 Å². The molecule has 1 aliphatic rings. The van der Waals surface area contributed by atoms with Crippen molar-refractivity contribution < 1.29 is 9.32 Å². The van der Waals surface area contributed by atoms with E-state index in [0.29, 0.717) is 36.4 Å². The first kappa shape index (κ1) is 21.4. The number of carbonyl (C=O) groups excluding carboxylic acids is 1. The van der Waals surface area contributed by atoms with Crippen molar-refractivity contribution in [2.45, 2.75) is 45.4 Å². The van der Waals surface area contributed by atoms with Crippen LogP contribution in [0.4, 0.5) is 0 Å². The summed E-state index contributed by atoms with van der Waals surface area (Å²) in [4.78, 5) is 16.4. The largest absolute Gasteiger partial charge is 0.356 e. The minimum atomic E-state index is 0. The van der Waals surface area contributed by atoms with E-state index in [0.717, 1.165) is 25.2 Å². The maximum absolute atomic E-state index is 12.0. The van der Waals surface area contributed by atoms with Crippen LogP contribution in [0.3, 0.4) is 0 Å². The van der Waals surface area contributed by atoms with Gasteiger partial charge < -0.3 is 15.2 Å². The first-order valence-electron chi connectivity index (χ1n) is 9.52. The fourth-order valence-electron chi connectivity index (χ4n) is 3.16. The Hall–Kier alpha value is -1.92. The van der Waals surface area contributed by atoms with Crippen LogP contribution in [0.15, 0.2) is 28.8 Å². The summed E-state index contributed by atoms with van der Waals surface area (Å²) in [6, 6.07) is 8.19. The van der Waals surface area contributed by atoms with Crippen molar-refractivity contribution in [1.82, 2.24) is 20.8 Å². The maximum Gasteiger partial charge on any atom is 0.227 e. The minimum absolute atomic E-state index is 0. The lowest BCUT2D eigenvalue weighted by Crippen LogP contribution is -2.38. The van der Waals surface area contributed by atoms with Gasteiger partial charge in [0.25, 0.3) is 0 Å². The fraction of sp³-hybridized carbons (Fsp3) is 0.550. The molecular weight excluding hydrogens is 364 g/mol. The second-order valence-corrected chi connectivity index (χ2v) is 7.30. The predicted molar refractivity (Wildman–Crippen MR) is 108 cm³/mol. The van der Waals surface area contributed by atoms with E-state index in [1.807, 2.05) is 12.1 Å². The van der Waals surface area contributed by atoms with Crippen LogP contribution >= 0.6 is 12.4 Å². The smallest absolute Gasteiger partial charge is 0.227 e. The Kier molecular flexibility index (Phi) is 8.25. The average Bonchev–Trinajstić information content (AvgIpc) is 3.14. The maximum atomic E-state index is 12.0. The number of benzene rings is 1. The van der Waals surface area contributed by atoms with Crippen LogP contribution in [-0.4, -0.2) is 35.7 Å². The number of aromatic nitrogens is 2. The number of hydrogen-bond acceptors (Lipinski definition) is 5. The van der Waals surface area contributed by atoms with Crippen molar-refractivity contribution in [3.05, 3.63) is 35.7 Å². The SMILES string of the molecule is CC(C)c1ccc(-c2noc(CCC(=O)NCC3CCCNC3)n2)cc1.Cl. The summed E-state index contributed by atoms with van der Waals surface area (Å²) in [7, 11) is 0. The van der Waals surface area contributed by atoms with Gasteiger partial charge in [0.15, 0.2) is 0 Å². The summed E-state index contributed by atoms with van der Waals surface area (Å²) >= 11 is 0. The van der Waals surface area contributed by atoms with Crippen LogP contribution < -0.4 is 10.6 Å². The Morgan fingerprint density at radius 1 is 1.33 bits per heavy atom. The molecule has 27 heavy (non-hydrogen) atoms. The topological polar surface area (TPSA) is 80.0 Å². The molecule has 7 heteroatoms. The van der Waals surface area contributed by atoms with E-state index in [1.165, 1.54) is 18.4 Å². The quantitative estimate of drug-likeness (QED) is 0.755. The lowest BCUT2D eigenvalue weighted by atomic mass is 10.00. The normalized spacial score (nSPS) is 16.8. The van der Waals surface area contributed by atoms with Crippen LogP contribution in [-0.2, 0) is 11.2 Å². The van der Waals surface area contributed by atoms with Crippen LogP contribution in [0.1, 0.15) is 50.5 Å². The highest BCUT2D eigenvalue weighted by Crippen LogP contribution is 2.20. The van der Waals surface area contributed by atoms with Crippen molar-refractivity contribution in [1.29, 1.82) is 0 Å². The van der Waals surface area contributed by atoms with Crippen molar-refractivity contribution in [2.24, 2.45) is 5.92 Å². The van der Waals surface area contributed by atoms with Gasteiger partial charge in [-0.15, -0.1) is 12.4 Å². The number of halogens is 1. The third-order valence-corrected chi connectivity index (χ3v) is 4.86. The number of aryl methyl sites for hydroxylation is 1. The summed E-state index contributed by atoms with van der Waals surface area (Å²) in [6.07, 6.45) is 3.19. The highest BCUT2D eigenvalue weighted by atomic mass is 35.5. The standard InChI is InChI=1S/C20H28N4O2.ClH/c1-14(2)16-5-7-17(8-6-16)20-23-19(26-24-20)10-9-18(25)22-13-15-4-3-11-21-12-15;/h5-8,14-15,21H,3-4,9-13H2,1-2H3,(H,22,25);1H. The van der Waals surface area contributed by atoms with Gasteiger partial charge in [-0.2, -0.15) is 4.98 Å². The number of piperidine rings is 1. The Bertz CT molecular complexity index is 709. The summed E-state index contributed by atoms with van der Waals surface area (Å²) < 4.78 is 5.29. The number of nitrogens with one attached hydrogen (secondary N) is 2. The molecule has 3 rings (SSSR count). The van der Waals surface area contributed by atoms with Gasteiger partial charge in [-0.1, -0.05) is 43.3 Å². The monoisotopic (exact) mass is 392 g/mol. The minimum Gasteiger partial charge on any atom is -0.356 e. The number of rotatable bonds is 7. The molecule has 0 aliphatic carbocycles. The summed E-state index contributed by atoms with van der Waals surface area (Å²) in [5, 5.41) is 10.4. The Morgan fingerprint density at radius 2 is 2.11 bits per heavy atom. The van der Waals surface area contributed by atoms with Gasteiger partial charge in [-0.3, -0.25) is 4.79 Å². The van der Waals surface area contributed by atoms with Crippen LogP contribution in [0.2, 0.25) is 0 Å². The molecule has 1 fully saturated rings. The number of carbonyl (C=O) groups is 1. The average molecular weight is 393 g/mol. The van der Waals surface area contributed by atoms with E-state index in [2.05, 4.69) is 46.8 Å². The van der Waals surface area contributed by atoms with Crippen LogP contribution in [0.5, 0.6) is 0 Å². The number of hydrogen-bond donors (Lipinski definition) is 2. The zero-order valence-electron chi connectivity index (χ0n) is 16.0. The van der Waals surface area contributed by atoms with Crippen LogP contribution in [0.25, 0.3) is 11.4 Å². The molecule has 1 saturated heterocycles. The van der Waals surface area contributed by atoms with Gasteiger partial charge in [-0.25, -0.2) is 0 Å². The summed E-state index contributed by atoms with van der Waals surface area (Å²) in [6.45, 7) is 7.14. The third kappa shape index (κ3) is 6.33. The van der Waals surface area contributed by atoms with Gasteiger partial charge in [0.1, 0.15) is 0 Å². The van der Waals surface area contributed by atoms with Crippen LogP contribution in [0, 0.1) is 5.92 Å². The highest BCUT2D eigenvalue weighted by Gasteiger charge is 2.15. The molecular formula is C20H29ClN4O2. The van der Waals surface area contributed by atoms with E-state index < -0.39 is 0 Å². The second-order valence-electron chi connectivity index (χ2n) is 7.30. The van der Waals surface area contributed by atoms with Gasteiger partial charge >= 0.3 is 0 Å². The Balaban J connectivity index is 0.00000261. The van der Waals surface area contributed by atoms with Crippen molar-refractivity contribution in [3.63, 3.8) is 0 Å². The molecule has 0 radical (unpaired) electrons. The molecule has 2 aromatic rings. The zero-order chi connectivity index (χ0) is 18.4. The fourth-order valence-corrected chi connectivity index (χ4v) is 3.16. The number of nitrogens with zero attached hydrogens (tertiary/aromatic N) is 2. The molecule has 2 N–H and O–H groups in total. The second kappa shape index (κ2) is 10.4. The first-order chi connectivity index (χ1) is 12.6. The van der Waals surface area contributed by atoms with Crippen molar-refractivity contribution in [2.75, 3.05) is 19.6 Å². The van der Waals surface area contributed by atoms with E-state index in [1.54, 1.807) is 0 Å². The third-order valence-electron chi connectivity index (χ3n) is 4.86. The Morgan fingerprint density at radius 3 is 2.78 bits per heavy atom. The Labute approximate surface area is 166 Å². The lowest BCUT2D eigenvalue weighted by Gasteiger charge is -2.22. The summed E-state index contributed by atoms with van der Waals surface area (Å²) in [5.74, 6) is 2.15. The molecule has 1 aliphatic heterocycles. The van der Waals surface area contributed by atoms with E-state index >= 15 is 0 Å². The molecule has 6 nitrogen and oxygen atoms in total. The molecule has 1 aromatic carbocycles. The molecule has 1 aromatic heterocycles. The zero-order valence-corrected chi connectivity index (χ0v) is 16.8. The first-order valence-corrected chi connectivity index (χ1v) is 9.52. The molecule has 0 saturated carbocycles.